The Morgan fingerprint density at radius 1 is 1.39 bits per heavy atom. The van der Waals surface area contributed by atoms with Gasteiger partial charge >= 0.3 is 0 Å². The first-order valence-corrected chi connectivity index (χ1v) is 5.98. The van der Waals surface area contributed by atoms with E-state index in [9.17, 15) is 4.79 Å². The third-order valence-corrected chi connectivity index (χ3v) is 3.25. The fourth-order valence-electron chi connectivity index (χ4n) is 1.97. The first-order chi connectivity index (χ1) is 8.63. The zero-order chi connectivity index (χ0) is 13.1. The lowest BCUT2D eigenvalue weighted by Gasteiger charge is -2.23. The zero-order valence-corrected chi connectivity index (χ0v) is 10.7. The van der Waals surface area contributed by atoms with Gasteiger partial charge in [0.25, 0.3) is 0 Å². The molecule has 0 heterocycles. The second-order valence-corrected chi connectivity index (χ2v) is 4.50. The van der Waals surface area contributed by atoms with Crippen LogP contribution in [0.2, 0.25) is 5.02 Å². The second-order valence-electron chi connectivity index (χ2n) is 4.10. The molecule has 1 aliphatic rings. The molecule has 1 aromatic rings. The van der Waals surface area contributed by atoms with Crippen LogP contribution in [0.3, 0.4) is 0 Å². The summed E-state index contributed by atoms with van der Waals surface area (Å²) in [6, 6.07) is 7.00. The van der Waals surface area contributed by atoms with Crippen molar-refractivity contribution in [2.45, 2.75) is 6.10 Å². The van der Waals surface area contributed by atoms with E-state index in [4.69, 9.17) is 22.1 Å². The maximum absolute atomic E-state index is 12.4. The van der Waals surface area contributed by atoms with Crippen LogP contribution < -0.4 is 5.73 Å². The van der Waals surface area contributed by atoms with Crippen LogP contribution in [0.5, 0.6) is 0 Å². The number of rotatable bonds is 3. The highest BCUT2D eigenvalue weighted by Crippen LogP contribution is 2.25. The van der Waals surface area contributed by atoms with Crippen LogP contribution in [0.25, 0.3) is 0 Å². The molecule has 18 heavy (non-hydrogen) atoms. The number of carbonyl (C=O) groups is 1. The van der Waals surface area contributed by atoms with Crippen LogP contribution >= 0.6 is 11.6 Å². The van der Waals surface area contributed by atoms with Gasteiger partial charge in [0.1, 0.15) is 0 Å². The SMILES string of the molecule is COC1C=C(N)C=CC1C(=O)c1ccccc1Cl. The predicted octanol–water partition coefficient (Wildman–Crippen LogP) is 2.57. The third kappa shape index (κ3) is 2.47. The van der Waals surface area contributed by atoms with Gasteiger partial charge < -0.3 is 10.5 Å². The lowest BCUT2D eigenvalue weighted by atomic mass is 9.88. The number of carbonyl (C=O) groups excluding carboxylic acids is 1. The number of halogens is 1. The Hall–Kier alpha value is -1.58. The minimum absolute atomic E-state index is 0.0625. The standard InChI is InChI=1S/C14H14ClNO2/c1-18-13-8-9(16)6-7-11(13)14(17)10-4-2-3-5-12(10)15/h2-8,11,13H,16H2,1H3. The van der Waals surface area contributed by atoms with Crippen molar-refractivity contribution < 1.29 is 9.53 Å². The van der Waals surface area contributed by atoms with E-state index in [1.165, 1.54) is 0 Å². The Morgan fingerprint density at radius 3 is 2.78 bits per heavy atom. The summed E-state index contributed by atoms with van der Waals surface area (Å²) in [7, 11) is 1.56. The van der Waals surface area contributed by atoms with Crippen molar-refractivity contribution in [3.8, 4) is 0 Å². The number of hydrogen-bond donors (Lipinski definition) is 1. The van der Waals surface area contributed by atoms with Crippen molar-refractivity contribution >= 4 is 17.4 Å². The molecule has 0 fully saturated rings. The molecular formula is C14H14ClNO2. The molecule has 2 N–H and O–H groups in total. The van der Waals surface area contributed by atoms with Crippen molar-refractivity contribution in [2.24, 2.45) is 11.7 Å². The molecule has 2 unspecified atom stereocenters. The van der Waals surface area contributed by atoms with Crippen molar-refractivity contribution in [3.05, 3.63) is 58.8 Å². The first-order valence-electron chi connectivity index (χ1n) is 5.60. The highest BCUT2D eigenvalue weighted by molar-refractivity contribution is 6.34. The summed E-state index contributed by atoms with van der Waals surface area (Å²) < 4.78 is 5.29. The van der Waals surface area contributed by atoms with Gasteiger partial charge in [-0.05, 0) is 24.3 Å². The summed E-state index contributed by atoms with van der Waals surface area (Å²) in [6.45, 7) is 0. The van der Waals surface area contributed by atoms with Gasteiger partial charge in [0.15, 0.2) is 5.78 Å². The van der Waals surface area contributed by atoms with E-state index in [0.29, 0.717) is 16.3 Å². The van der Waals surface area contributed by atoms with Gasteiger partial charge in [-0.2, -0.15) is 0 Å². The largest absolute Gasteiger partial charge is 0.399 e. The summed E-state index contributed by atoms with van der Waals surface area (Å²) in [6.07, 6.45) is 4.86. The summed E-state index contributed by atoms with van der Waals surface area (Å²) in [4.78, 5) is 12.4. The molecule has 0 aromatic heterocycles. The molecule has 0 aliphatic heterocycles. The lowest BCUT2D eigenvalue weighted by Crippen LogP contribution is -2.30. The topological polar surface area (TPSA) is 52.3 Å². The fraction of sp³-hybridized carbons (Fsp3) is 0.214. The average molecular weight is 264 g/mol. The summed E-state index contributed by atoms with van der Waals surface area (Å²) in [5.74, 6) is -0.449. The van der Waals surface area contributed by atoms with E-state index in [0.717, 1.165) is 0 Å². The normalized spacial score (nSPS) is 22.7. The Balaban J connectivity index is 2.30. The molecule has 1 aliphatic carbocycles. The molecule has 0 saturated carbocycles. The van der Waals surface area contributed by atoms with Crippen LogP contribution in [0.1, 0.15) is 10.4 Å². The van der Waals surface area contributed by atoms with Crippen LogP contribution in [0, 0.1) is 5.92 Å². The molecule has 4 heteroatoms. The van der Waals surface area contributed by atoms with Gasteiger partial charge in [-0.15, -0.1) is 0 Å². The zero-order valence-electron chi connectivity index (χ0n) is 9.97. The number of allylic oxidation sites excluding steroid dienone is 1. The Kier molecular flexibility index (Phi) is 3.84. The predicted molar refractivity (Wildman–Crippen MR) is 71.5 cm³/mol. The first kappa shape index (κ1) is 12.9. The molecule has 0 amide bonds. The van der Waals surface area contributed by atoms with Crippen molar-refractivity contribution in [1.29, 1.82) is 0 Å². The number of hydrogen-bond acceptors (Lipinski definition) is 3. The van der Waals surface area contributed by atoms with E-state index in [1.807, 2.05) is 0 Å². The van der Waals surface area contributed by atoms with E-state index in [-0.39, 0.29) is 17.8 Å². The number of methoxy groups -OCH3 is 1. The lowest BCUT2D eigenvalue weighted by molar-refractivity contribution is 0.0719. The summed E-state index contributed by atoms with van der Waals surface area (Å²) >= 11 is 6.03. The second kappa shape index (κ2) is 5.38. The van der Waals surface area contributed by atoms with Gasteiger partial charge in [0.05, 0.1) is 17.0 Å². The van der Waals surface area contributed by atoms with E-state index in [2.05, 4.69) is 0 Å². The molecule has 94 valence electrons. The van der Waals surface area contributed by atoms with Crippen molar-refractivity contribution in [2.75, 3.05) is 7.11 Å². The number of nitrogens with two attached hydrogens (primary N) is 1. The number of ether oxygens (including phenoxy) is 1. The monoisotopic (exact) mass is 263 g/mol. The Labute approximate surface area is 111 Å². The molecule has 2 atom stereocenters. The number of Topliss-reactive ketones (excluding diaryl/α,β-unsaturated/α-hetero) is 1. The van der Waals surface area contributed by atoms with E-state index in [1.54, 1.807) is 49.6 Å². The minimum Gasteiger partial charge on any atom is -0.399 e. The summed E-state index contributed by atoms with van der Waals surface area (Å²) in [5.41, 5.74) is 6.79. The third-order valence-electron chi connectivity index (χ3n) is 2.92. The average Bonchev–Trinajstić information content (AvgIpc) is 2.38. The fourth-order valence-corrected chi connectivity index (χ4v) is 2.19. The molecule has 0 radical (unpaired) electrons. The minimum atomic E-state index is -0.387. The molecule has 3 nitrogen and oxygen atoms in total. The van der Waals surface area contributed by atoms with Crippen LogP contribution in [-0.2, 0) is 4.74 Å². The van der Waals surface area contributed by atoms with Gasteiger partial charge in [-0.1, -0.05) is 29.8 Å². The van der Waals surface area contributed by atoms with Gasteiger partial charge in [-0.25, -0.2) is 0 Å². The molecule has 0 spiro atoms. The highest BCUT2D eigenvalue weighted by Gasteiger charge is 2.28. The van der Waals surface area contributed by atoms with Crippen molar-refractivity contribution in [3.63, 3.8) is 0 Å². The maximum atomic E-state index is 12.4. The maximum Gasteiger partial charge on any atom is 0.174 e. The quantitative estimate of drug-likeness (QED) is 0.853. The Bertz CT molecular complexity index is 522. The van der Waals surface area contributed by atoms with Gasteiger partial charge in [-0.3, -0.25) is 4.79 Å². The smallest absolute Gasteiger partial charge is 0.174 e. The Morgan fingerprint density at radius 2 is 2.11 bits per heavy atom. The number of benzene rings is 1. The molecule has 1 aromatic carbocycles. The van der Waals surface area contributed by atoms with E-state index < -0.39 is 0 Å². The van der Waals surface area contributed by atoms with Crippen LogP contribution in [0.4, 0.5) is 0 Å². The molecule has 2 rings (SSSR count). The molecular weight excluding hydrogens is 250 g/mol. The summed E-state index contributed by atoms with van der Waals surface area (Å²) in [5, 5.41) is 0.452. The van der Waals surface area contributed by atoms with Crippen LogP contribution in [0.15, 0.2) is 48.2 Å². The van der Waals surface area contributed by atoms with Crippen LogP contribution in [-0.4, -0.2) is 19.0 Å². The molecule has 0 saturated heterocycles. The number of ketones is 1. The van der Waals surface area contributed by atoms with Gasteiger partial charge in [0, 0.05) is 18.4 Å². The molecule has 0 bridgehead atoms. The van der Waals surface area contributed by atoms with E-state index >= 15 is 0 Å². The highest BCUT2D eigenvalue weighted by atomic mass is 35.5. The van der Waals surface area contributed by atoms with Crippen molar-refractivity contribution in [1.82, 2.24) is 0 Å². The van der Waals surface area contributed by atoms with Gasteiger partial charge in [0.2, 0.25) is 0 Å².